The number of hydrogen-bond donors (Lipinski definition) is 2. The number of hydrogen-bond acceptors (Lipinski definition) is 5. The van der Waals surface area contributed by atoms with Crippen LogP contribution in [0.4, 0.5) is 0 Å². The smallest absolute Gasteiger partial charge is 0.287 e. The van der Waals surface area contributed by atoms with E-state index in [1.165, 1.54) is 16.2 Å². The molecule has 7 nitrogen and oxygen atoms in total. The standard InChI is InChI=1S/C17H17N5O2S/c1-2-25-17-19-13-14(21(17)8-9-23)20-16-18-12(10-22(16)15(13)24)11-6-4-3-5-7-11/h3-7,10,23H,2,8-9H2,1H3,(H,18,20). The lowest BCUT2D eigenvalue weighted by Gasteiger charge is -2.04. The van der Waals surface area contributed by atoms with Gasteiger partial charge in [-0.15, -0.1) is 0 Å². The molecule has 0 aliphatic heterocycles. The van der Waals surface area contributed by atoms with Crippen LogP contribution in [0, 0.1) is 0 Å². The molecule has 128 valence electrons. The molecular formula is C17H17N5O2S. The maximum absolute atomic E-state index is 12.9. The molecule has 0 radical (unpaired) electrons. The molecule has 0 fully saturated rings. The second-order valence-corrected chi connectivity index (χ2v) is 6.75. The zero-order chi connectivity index (χ0) is 17.4. The van der Waals surface area contributed by atoms with Crippen molar-refractivity contribution in [3.05, 3.63) is 46.9 Å². The molecule has 1 aromatic carbocycles. The summed E-state index contributed by atoms with van der Waals surface area (Å²) >= 11 is 1.53. The molecule has 0 aliphatic carbocycles. The van der Waals surface area contributed by atoms with E-state index >= 15 is 0 Å². The average molecular weight is 355 g/mol. The van der Waals surface area contributed by atoms with Crippen LogP contribution in [-0.4, -0.2) is 41.4 Å². The van der Waals surface area contributed by atoms with Crippen LogP contribution in [-0.2, 0) is 6.54 Å². The molecule has 3 heterocycles. The van der Waals surface area contributed by atoms with E-state index in [0.717, 1.165) is 17.0 Å². The largest absolute Gasteiger partial charge is 0.395 e. The summed E-state index contributed by atoms with van der Waals surface area (Å²) in [5, 5.41) is 10.1. The fourth-order valence-electron chi connectivity index (χ4n) is 2.84. The van der Waals surface area contributed by atoms with E-state index in [0.29, 0.717) is 28.6 Å². The number of fused-ring (bicyclic) bond motifs is 2. The minimum Gasteiger partial charge on any atom is -0.395 e. The molecule has 0 unspecified atom stereocenters. The highest BCUT2D eigenvalue weighted by atomic mass is 32.2. The van der Waals surface area contributed by atoms with E-state index in [-0.39, 0.29) is 12.2 Å². The van der Waals surface area contributed by atoms with Crippen LogP contribution in [0.3, 0.4) is 0 Å². The van der Waals surface area contributed by atoms with Gasteiger partial charge in [0.2, 0.25) is 5.78 Å². The number of H-pyrrole nitrogens is 1. The lowest BCUT2D eigenvalue weighted by Crippen LogP contribution is -2.14. The SMILES string of the molecule is CCSc1nc2c(=O)n3cc(-c4ccccc4)[nH]c3nc2n1CCO. The molecule has 4 aromatic rings. The molecule has 0 bridgehead atoms. The summed E-state index contributed by atoms with van der Waals surface area (Å²) in [5.74, 6) is 1.29. The second kappa shape index (κ2) is 6.38. The van der Waals surface area contributed by atoms with E-state index in [4.69, 9.17) is 0 Å². The van der Waals surface area contributed by atoms with Gasteiger partial charge in [-0.25, -0.2) is 9.38 Å². The van der Waals surface area contributed by atoms with Crippen molar-refractivity contribution in [2.45, 2.75) is 18.6 Å². The number of rotatable bonds is 5. The van der Waals surface area contributed by atoms with Gasteiger partial charge < -0.3 is 14.7 Å². The number of benzene rings is 1. The number of nitrogens with one attached hydrogen (secondary N) is 1. The van der Waals surface area contributed by atoms with Crippen LogP contribution in [0.5, 0.6) is 0 Å². The van der Waals surface area contributed by atoms with Crippen molar-refractivity contribution in [1.82, 2.24) is 23.9 Å². The number of aliphatic hydroxyl groups is 1. The predicted octanol–water partition coefficient (Wildman–Crippen LogP) is 2.14. The van der Waals surface area contributed by atoms with Crippen molar-refractivity contribution in [2.24, 2.45) is 0 Å². The third-order valence-electron chi connectivity index (χ3n) is 3.95. The van der Waals surface area contributed by atoms with Gasteiger partial charge in [0.25, 0.3) is 5.56 Å². The summed E-state index contributed by atoms with van der Waals surface area (Å²) < 4.78 is 3.29. The van der Waals surface area contributed by atoms with Gasteiger partial charge in [0, 0.05) is 12.7 Å². The van der Waals surface area contributed by atoms with Crippen molar-refractivity contribution < 1.29 is 5.11 Å². The van der Waals surface area contributed by atoms with Crippen molar-refractivity contribution in [1.29, 1.82) is 0 Å². The van der Waals surface area contributed by atoms with Gasteiger partial charge in [-0.1, -0.05) is 49.0 Å². The van der Waals surface area contributed by atoms with Crippen LogP contribution in [0.15, 0.2) is 46.5 Å². The molecule has 8 heteroatoms. The number of aliphatic hydroxyl groups excluding tert-OH is 1. The summed E-state index contributed by atoms with van der Waals surface area (Å²) in [5.41, 5.74) is 2.39. The fraction of sp³-hybridized carbons (Fsp3) is 0.235. The Hall–Kier alpha value is -2.58. The topological polar surface area (TPSA) is 88.2 Å². The third kappa shape index (κ3) is 2.63. The van der Waals surface area contributed by atoms with Crippen molar-refractivity contribution in [3.8, 4) is 11.3 Å². The Kier molecular flexibility index (Phi) is 4.06. The zero-order valence-corrected chi connectivity index (χ0v) is 14.5. The Morgan fingerprint density at radius 2 is 2.04 bits per heavy atom. The average Bonchev–Trinajstić information content (AvgIpc) is 3.20. The van der Waals surface area contributed by atoms with Crippen LogP contribution >= 0.6 is 11.8 Å². The minimum absolute atomic E-state index is 0.0379. The maximum atomic E-state index is 12.9. The molecule has 3 aromatic heterocycles. The first-order valence-corrected chi connectivity index (χ1v) is 9.02. The van der Waals surface area contributed by atoms with Gasteiger partial charge in [-0.2, -0.15) is 4.98 Å². The number of imidazole rings is 2. The Morgan fingerprint density at radius 3 is 2.76 bits per heavy atom. The summed E-state index contributed by atoms with van der Waals surface area (Å²) in [6, 6.07) is 9.77. The third-order valence-corrected chi connectivity index (χ3v) is 4.81. The van der Waals surface area contributed by atoms with Crippen molar-refractivity contribution in [2.75, 3.05) is 12.4 Å². The van der Waals surface area contributed by atoms with E-state index < -0.39 is 0 Å². The van der Waals surface area contributed by atoms with Crippen LogP contribution in [0.2, 0.25) is 0 Å². The molecule has 2 N–H and O–H groups in total. The predicted molar refractivity (Wildman–Crippen MR) is 98.0 cm³/mol. The van der Waals surface area contributed by atoms with E-state index in [2.05, 4.69) is 15.0 Å². The molecular weight excluding hydrogens is 338 g/mol. The summed E-state index contributed by atoms with van der Waals surface area (Å²) in [7, 11) is 0. The van der Waals surface area contributed by atoms with Gasteiger partial charge in [0.15, 0.2) is 16.3 Å². The van der Waals surface area contributed by atoms with Gasteiger partial charge in [-0.3, -0.25) is 4.79 Å². The van der Waals surface area contributed by atoms with Crippen LogP contribution in [0.25, 0.3) is 28.2 Å². The molecule has 25 heavy (non-hydrogen) atoms. The van der Waals surface area contributed by atoms with E-state index in [1.807, 2.05) is 37.3 Å². The number of thioether (sulfide) groups is 1. The quantitative estimate of drug-likeness (QED) is 0.536. The molecule has 0 atom stereocenters. The summed E-state index contributed by atoms with van der Waals surface area (Å²) in [4.78, 5) is 25.1. The highest BCUT2D eigenvalue weighted by Gasteiger charge is 2.18. The molecule has 0 spiro atoms. The first kappa shape index (κ1) is 15.9. The molecule has 4 rings (SSSR count). The zero-order valence-electron chi connectivity index (χ0n) is 13.6. The van der Waals surface area contributed by atoms with Gasteiger partial charge in [0.1, 0.15) is 0 Å². The molecule has 0 aliphatic rings. The first-order valence-electron chi connectivity index (χ1n) is 8.03. The van der Waals surface area contributed by atoms with E-state index in [1.54, 1.807) is 10.8 Å². The number of nitrogens with zero attached hydrogens (tertiary/aromatic N) is 4. The normalized spacial score (nSPS) is 11.6. The lowest BCUT2D eigenvalue weighted by atomic mass is 10.2. The van der Waals surface area contributed by atoms with E-state index in [9.17, 15) is 9.90 Å². The second-order valence-electron chi connectivity index (χ2n) is 5.52. The molecule has 0 saturated heterocycles. The van der Waals surface area contributed by atoms with Gasteiger partial charge in [0.05, 0.1) is 12.3 Å². The lowest BCUT2D eigenvalue weighted by molar-refractivity contribution is 0.273. The Balaban J connectivity index is 1.97. The number of aromatic nitrogens is 5. The van der Waals surface area contributed by atoms with Gasteiger partial charge in [-0.05, 0) is 11.3 Å². The number of aromatic amines is 1. The Labute approximate surface area is 147 Å². The monoisotopic (exact) mass is 355 g/mol. The summed E-state index contributed by atoms with van der Waals surface area (Å²) in [6.07, 6.45) is 1.75. The fourth-order valence-corrected chi connectivity index (χ4v) is 3.59. The Bertz CT molecular complexity index is 1100. The van der Waals surface area contributed by atoms with Crippen molar-refractivity contribution in [3.63, 3.8) is 0 Å². The first-order chi connectivity index (χ1) is 12.2. The molecule has 0 saturated carbocycles. The van der Waals surface area contributed by atoms with Crippen molar-refractivity contribution >= 4 is 28.7 Å². The van der Waals surface area contributed by atoms with Crippen LogP contribution < -0.4 is 5.56 Å². The highest BCUT2D eigenvalue weighted by Crippen LogP contribution is 2.23. The molecule has 0 amide bonds. The summed E-state index contributed by atoms with van der Waals surface area (Å²) in [6.45, 7) is 2.33. The Morgan fingerprint density at radius 1 is 1.24 bits per heavy atom. The highest BCUT2D eigenvalue weighted by molar-refractivity contribution is 7.99. The van der Waals surface area contributed by atoms with Gasteiger partial charge >= 0.3 is 0 Å². The minimum atomic E-state index is -0.215. The van der Waals surface area contributed by atoms with Crippen LogP contribution in [0.1, 0.15) is 6.92 Å². The maximum Gasteiger partial charge on any atom is 0.287 e.